The molecule has 1 N–H and O–H groups in total. The summed E-state index contributed by atoms with van der Waals surface area (Å²) < 4.78 is 4.63. The molecule has 0 saturated heterocycles. The Labute approximate surface area is 113 Å². The van der Waals surface area contributed by atoms with Crippen LogP contribution < -0.4 is 5.32 Å². The number of aromatic nitrogens is 2. The molecular formula is C14H21N3O2. The Morgan fingerprint density at radius 3 is 2.95 bits per heavy atom. The van der Waals surface area contributed by atoms with Gasteiger partial charge in [0.2, 0.25) is 5.82 Å². The van der Waals surface area contributed by atoms with E-state index in [0.717, 1.165) is 6.42 Å². The maximum Gasteiger partial charge on any atom is 0.376 e. The van der Waals surface area contributed by atoms with Crippen LogP contribution in [0, 0.1) is 11.8 Å². The number of hydrogen-bond acceptors (Lipinski definition) is 5. The number of nitrogens with one attached hydrogen (secondary N) is 1. The summed E-state index contributed by atoms with van der Waals surface area (Å²) in [6, 6.07) is 2.20. The summed E-state index contributed by atoms with van der Waals surface area (Å²) in [6.45, 7) is 4.56. The van der Waals surface area contributed by atoms with Crippen LogP contribution >= 0.6 is 0 Å². The van der Waals surface area contributed by atoms with Crippen molar-refractivity contribution in [2.45, 2.75) is 39.2 Å². The number of anilines is 1. The van der Waals surface area contributed by atoms with Crippen molar-refractivity contribution in [1.29, 1.82) is 0 Å². The van der Waals surface area contributed by atoms with Gasteiger partial charge in [0.1, 0.15) is 5.82 Å². The number of carbonyl (C=O) groups excluding carboxylic acids is 1. The van der Waals surface area contributed by atoms with E-state index in [4.69, 9.17) is 0 Å². The van der Waals surface area contributed by atoms with Gasteiger partial charge in [0.05, 0.1) is 7.11 Å². The molecule has 1 saturated carbocycles. The van der Waals surface area contributed by atoms with Gasteiger partial charge in [-0.25, -0.2) is 14.8 Å². The summed E-state index contributed by atoms with van der Waals surface area (Å²) in [5.74, 6) is 1.61. The normalized spacial score (nSPS) is 26.8. The van der Waals surface area contributed by atoms with Crippen molar-refractivity contribution in [3.8, 4) is 0 Å². The van der Waals surface area contributed by atoms with E-state index in [9.17, 15) is 4.79 Å². The zero-order valence-electron chi connectivity index (χ0n) is 11.7. The van der Waals surface area contributed by atoms with Crippen molar-refractivity contribution in [2.24, 2.45) is 11.8 Å². The minimum atomic E-state index is -0.506. The van der Waals surface area contributed by atoms with Crippen LogP contribution in [0.15, 0.2) is 12.3 Å². The second kappa shape index (κ2) is 5.99. The highest BCUT2D eigenvalue weighted by Crippen LogP contribution is 2.31. The molecule has 104 valence electrons. The molecule has 5 heteroatoms. The standard InChI is InChI=1S/C14H21N3O2/c1-9-5-4-6-11(10(9)2)16-12-7-8-15-13(17-12)14(18)19-3/h7-11H,4-6H2,1-3H3,(H,15,16,17). The Morgan fingerprint density at radius 2 is 2.21 bits per heavy atom. The number of ether oxygens (including phenoxy) is 1. The van der Waals surface area contributed by atoms with Crippen LogP contribution in [0.5, 0.6) is 0 Å². The molecule has 1 aromatic heterocycles. The Morgan fingerprint density at radius 1 is 1.42 bits per heavy atom. The molecular weight excluding hydrogens is 242 g/mol. The maximum atomic E-state index is 11.4. The Hall–Kier alpha value is -1.65. The predicted molar refractivity (Wildman–Crippen MR) is 73.0 cm³/mol. The van der Waals surface area contributed by atoms with Crippen molar-refractivity contribution in [3.63, 3.8) is 0 Å². The predicted octanol–water partition coefficient (Wildman–Crippen LogP) is 2.50. The third kappa shape index (κ3) is 3.22. The first kappa shape index (κ1) is 13.8. The largest absolute Gasteiger partial charge is 0.463 e. The number of methoxy groups -OCH3 is 1. The lowest BCUT2D eigenvalue weighted by Gasteiger charge is -2.34. The highest BCUT2D eigenvalue weighted by molar-refractivity contribution is 5.85. The van der Waals surface area contributed by atoms with Gasteiger partial charge in [-0.2, -0.15) is 0 Å². The van der Waals surface area contributed by atoms with Crippen molar-refractivity contribution in [2.75, 3.05) is 12.4 Å². The Bertz CT molecular complexity index is 450. The fraction of sp³-hybridized carbons (Fsp3) is 0.643. The summed E-state index contributed by atoms with van der Waals surface area (Å²) >= 11 is 0. The first-order valence-corrected chi connectivity index (χ1v) is 6.79. The average Bonchev–Trinajstić information content (AvgIpc) is 2.43. The molecule has 0 bridgehead atoms. The molecule has 0 amide bonds. The minimum Gasteiger partial charge on any atom is -0.463 e. The van der Waals surface area contributed by atoms with Crippen molar-refractivity contribution in [1.82, 2.24) is 9.97 Å². The summed E-state index contributed by atoms with van der Waals surface area (Å²) in [7, 11) is 1.33. The lowest BCUT2D eigenvalue weighted by molar-refractivity contribution is 0.0587. The topological polar surface area (TPSA) is 64.1 Å². The van der Waals surface area contributed by atoms with Gasteiger partial charge in [0.25, 0.3) is 0 Å². The molecule has 5 nitrogen and oxygen atoms in total. The molecule has 1 aliphatic carbocycles. The average molecular weight is 263 g/mol. The van der Waals surface area contributed by atoms with Crippen LogP contribution in [0.2, 0.25) is 0 Å². The smallest absolute Gasteiger partial charge is 0.376 e. The Kier molecular flexibility index (Phi) is 4.35. The van der Waals surface area contributed by atoms with Crippen LogP contribution in [0.4, 0.5) is 5.82 Å². The molecule has 0 aliphatic heterocycles. The van der Waals surface area contributed by atoms with Crippen LogP contribution in [0.3, 0.4) is 0 Å². The summed E-state index contributed by atoms with van der Waals surface area (Å²) in [5.41, 5.74) is 0. The van der Waals surface area contributed by atoms with Gasteiger partial charge in [-0.1, -0.05) is 26.7 Å². The second-order valence-corrected chi connectivity index (χ2v) is 5.28. The number of hydrogen-bond donors (Lipinski definition) is 1. The fourth-order valence-corrected chi connectivity index (χ4v) is 2.60. The SMILES string of the molecule is COC(=O)c1nccc(NC2CCCC(C)C2C)n1. The van der Waals surface area contributed by atoms with Gasteiger partial charge in [-0.05, 0) is 24.3 Å². The lowest BCUT2D eigenvalue weighted by atomic mass is 9.78. The van der Waals surface area contributed by atoms with E-state index in [-0.39, 0.29) is 5.82 Å². The molecule has 0 spiro atoms. The van der Waals surface area contributed by atoms with E-state index in [1.807, 2.05) is 0 Å². The molecule has 1 aliphatic rings. The molecule has 3 unspecified atom stereocenters. The van der Waals surface area contributed by atoms with Crippen molar-refractivity contribution >= 4 is 11.8 Å². The first-order valence-electron chi connectivity index (χ1n) is 6.79. The highest BCUT2D eigenvalue weighted by atomic mass is 16.5. The minimum absolute atomic E-state index is 0.101. The van der Waals surface area contributed by atoms with Crippen LogP contribution in [-0.4, -0.2) is 29.1 Å². The quantitative estimate of drug-likeness (QED) is 0.849. The summed E-state index contributed by atoms with van der Waals surface area (Å²) in [4.78, 5) is 19.5. The van der Waals surface area contributed by atoms with Gasteiger partial charge >= 0.3 is 5.97 Å². The Balaban J connectivity index is 2.08. The third-order valence-electron chi connectivity index (χ3n) is 4.06. The number of rotatable bonds is 3. The van der Waals surface area contributed by atoms with E-state index in [2.05, 4.69) is 33.9 Å². The second-order valence-electron chi connectivity index (χ2n) is 5.28. The van der Waals surface area contributed by atoms with E-state index in [0.29, 0.717) is 23.7 Å². The number of carbonyl (C=O) groups is 1. The lowest BCUT2D eigenvalue weighted by Crippen LogP contribution is -2.35. The van der Waals surface area contributed by atoms with Crippen LogP contribution in [-0.2, 0) is 4.74 Å². The third-order valence-corrected chi connectivity index (χ3v) is 4.06. The zero-order chi connectivity index (χ0) is 13.8. The molecule has 0 aromatic carbocycles. The molecule has 1 heterocycles. The maximum absolute atomic E-state index is 11.4. The van der Waals surface area contributed by atoms with Gasteiger partial charge in [-0.15, -0.1) is 0 Å². The molecule has 3 atom stereocenters. The van der Waals surface area contributed by atoms with Crippen molar-refractivity contribution in [3.05, 3.63) is 18.1 Å². The van der Waals surface area contributed by atoms with Crippen LogP contribution in [0.1, 0.15) is 43.7 Å². The van der Waals surface area contributed by atoms with Gasteiger partial charge in [0, 0.05) is 12.2 Å². The summed E-state index contributed by atoms with van der Waals surface area (Å²) in [5, 5.41) is 3.42. The molecule has 19 heavy (non-hydrogen) atoms. The zero-order valence-corrected chi connectivity index (χ0v) is 11.7. The van der Waals surface area contributed by atoms with Gasteiger partial charge in [-0.3, -0.25) is 0 Å². The van der Waals surface area contributed by atoms with Gasteiger partial charge < -0.3 is 10.1 Å². The van der Waals surface area contributed by atoms with E-state index in [1.165, 1.54) is 20.0 Å². The molecule has 1 aromatic rings. The summed E-state index contributed by atoms with van der Waals surface area (Å²) in [6.07, 6.45) is 5.25. The molecule has 1 fully saturated rings. The molecule has 0 radical (unpaired) electrons. The fourth-order valence-electron chi connectivity index (χ4n) is 2.60. The van der Waals surface area contributed by atoms with Gasteiger partial charge in [0.15, 0.2) is 0 Å². The number of esters is 1. The van der Waals surface area contributed by atoms with E-state index < -0.39 is 5.97 Å². The first-order chi connectivity index (χ1) is 9.11. The van der Waals surface area contributed by atoms with Crippen LogP contribution in [0.25, 0.3) is 0 Å². The van der Waals surface area contributed by atoms with E-state index in [1.54, 1.807) is 12.3 Å². The van der Waals surface area contributed by atoms with E-state index >= 15 is 0 Å². The highest BCUT2D eigenvalue weighted by Gasteiger charge is 2.27. The van der Waals surface area contributed by atoms with Crippen molar-refractivity contribution < 1.29 is 9.53 Å². The molecule has 2 rings (SSSR count). The number of nitrogens with zero attached hydrogens (tertiary/aromatic N) is 2. The monoisotopic (exact) mass is 263 g/mol.